The van der Waals surface area contributed by atoms with Gasteiger partial charge in [0.05, 0.1) is 0 Å². The summed E-state index contributed by atoms with van der Waals surface area (Å²) in [4.78, 5) is 94.6. The number of carbonyl (C=O) groups is 7. The average Bonchev–Trinajstić information content (AvgIpc) is 3.47. The minimum Gasteiger partial charge on any atom is -0.480 e. The van der Waals surface area contributed by atoms with E-state index in [4.69, 9.17) is 4.74 Å². The van der Waals surface area contributed by atoms with Crippen LogP contribution in [-0.4, -0.2) is 93.5 Å². The van der Waals surface area contributed by atoms with Crippen molar-refractivity contribution in [1.29, 1.82) is 0 Å². The summed E-state index contributed by atoms with van der Waals surface area (Å²) in [7, 11) is 0. The summed E-state index contributed by atoms with van der Waals surface area (Å²) < 4.78 is 5.29. The van der Waals surface area contributed by atoms with E-state index in [9.17, 15) is 38.7 Å². The van der Waals surface area contributed by atoms with Gasteiger partial charge in [0.1, 0.15) is 41.9 Å². The Hall–Kier alpha value is -5.15. The number of carboxylic acid groups (broad SMARTS) is 1. The van der Waals surface area contributed by atoms with Gasteiger partial charge in [-0.25, -0.2) is 9.59 Å². The van der Waals surface area contributed by atoms with Gasteiger partial charge in [0.15, 0.2) is 0 Å². The molecule has 0 radical (unpaired) electrons. The van der Waals surface area contributed by atoms with Crippen LogP contribution < -0.4 is 31.9 Å². The predicted molar refractivity (Wildman–Crippen MR) is 212 cm³/mol. The first-order valence-electron chi connectivity index (χ1n) is 19.3. The zero-order valence-electron chi connectivity index (χ0n) is 34.6. The van der Waals surface area contributed by atoms with Crippen LogP contribution in [0.3, 0.4) is 0 Å². The lowest BCUT2D eigenvalue weighted by atomic mass is 10.0. The van der Waals surface area contributed by atoms with Gasteiger partial charge in [-0.1, -0.05) is 59.7 Å². The summed E-state index contributed by atoms with van der Waals surface area (Å²) in [6.07, 6.45) is 1.61. The molecule has 1 aromatic heterocycles. The van der Waals surface area contributed by atoms with E-state index in [2.05, 4.69) is 36.9 Å². The molecule has 0 aliphatic heterocycles. The molecule has 0 aliphatic rings. The van der Waals surface area contributed by atoms with E-state index in [0.717, 1.165) is 10.9 Å². The first-order valence-corrected chi connectivity index (χ1v) is 19.3. The van der Waals surface area contributed by atoms with Crippen LogP contribution in [0.15, 0.2) is 30.5 Å². The highest BCUT2D eigenvalue weighted by Crippen LogP contribution is 2.19. The number of alkyl carbamates (subject to hydrolysis) is 1. The van der Waals surface area contributed by atoms with Gasteiger partial charge in [-0.05, 0) is 83.3 Å². The molecule has 0 aliphatic carbocycles. The number of aromatic nitrogens is 1. The number of carboxylic acids is 1. The molecular formula is C40H63N7O9. The summed E-state index contributed by atoms with van der Waals surface area (Å²) in [6.45, 7) is 19.1. The number of rotatable bonds is 20. The van der Waals surface area contributed by atoms with Crippen molar-refractivity contribution in [2.45, 2.75) is 144 Å². The van der Waals surface area contributed by atoms with E-state index in [1.807, 2.05) is 65.8 Å². The first-order chi connectivity index (χ1) is 26.0. The molecule has 6 atom stereocenters. The lowest BCUT2D eigenvalue weighted by Crippen LogP contribution is -2.59. The summed E-state index contributed by atoms with van der Waals surface area (Å²) in [6, 6.07) is 0.710. The lowest BCUT2D eigenvalue weighted by molar-refractivity contribution is -0.142. The monoisotopic (exact) mass is 785 g/mol. The van der Waals surface area contributed by atoms with Crippen LogP contribution in [0, 0.1) is 17.8 Å². The van der Waals surface area contributed by atoms with Crippen molar-refractivity contribution in [2.24, 2.45) is 17.8 Å². The number of H-pyrrole nitrogens is 1. The Bertz CT molecular complexity index is 1680. The third-order valence-corrected chi connectivity index (χ3v) is 8.61. The third-order valence-electron chi connectivity index (χ3n) is 8.61. The number of aromatic amines is 1. The Labute approximate surface area is 329 Å². The number of benzene rings is 1. The second kappa shape index (κ2) is 21.2. The zero-order valence-corrected chi connectivity index (χ0v) is 34.6. The number of aliphatic carboxylic acids is 1. The molecule has 16 nitrogen and oxygen atoms in total. The molecule has 2 aromatic rings. The van der Waals surface area contributed by atoms with Gasteiger partial charge < -0.3 is 46.7 Å². The molecule has 8 N–H and O–H groups in total. The summed E-state index contributed by atoms with van der Waals surface area (Å²) in [5.41, 5.74) is 0.755. The van der Waals surface area contributed by atoms with Crippen LogP contribution >= 0.6 is 0 Å². The maximum absolute atomic E-state index is 13.5. The highest BCUT2D eigenvalue weighted by Gasteiger charge is 2.32. The van der Waals surface area contributed by atoms with Crippen molar-refractivity contribution in [1.82, 2.24) is 36.9 Å². The number of amides is 6. The Morgan fingerprint density at radius 3 is 1.45 bits per heavy atom. The number of hydrogen-bond acceptors (Lipinski definition) is 8. The molecule has 0 bridgehead atoms. The van der Waals surface area contributed by atoms with Gasteiger partial charge in [0, 0.05) is 23.5 Å². The molecule has 1 aromatic carbocycles. The summed E-state index contributed by atoms with van der Waals surface area (Å²) >= 11 is 0. The second-order valence-corrected chi connectivity index (χ2v) is 16.6. The van der Waals surface area contributed by atoms with Crippen LogP contribution in [0.5, 0.6) is 0 Å². The smallest absolute Gasteiger partial charge is 0.408 e. The first kappa shape index (κ1) is 47.0. The molecular weight excluding hydrogens is 722 g/mol. The van der Waals surface area contributed by atoms with Gasteiger partial charge >= 0.3 is 12.1 Å². The SMILES string of the molecule is CC(C)C[C@H](NC(=O)OC(C)(C)C)C(=O)N[C@@H](C)C(=O)N[C@@H](CC(C)C)C(=O)N[C@@H](C)C(=O)N[C@@H](CC(C)C)C(=O)N[C@@H](Cc1c[nH]c2ccccc12)C(=O)O. The third kappa shape index (κ3) is 15.9. The van der Waals surface area contributed by atoms with Crippen molar-refractivity contribution in [3.63, 3.8) is 0 Å². The summed E-state index contributed by atoms with van der Waals surface area (Å²) in [5.74, 6) is -4.63. The number of carbonyl (C=O) groups excluding carboxylic acids is 6. The van der Waals surface area contributed by atoms with E-state index in [-0.39, 0.29) is 43.4 Å². The Morgan fingerprint density at radius 1 is 0.607 bits per heavy atom. The van der Waals surface area contributed by atoms with Gasteiger partial charge in [-0.2, -0.15) is 0 Å². The highest BCUT2D eigenvalue weighted by molar-refractivity contribution is 5.96. The van der Waals surface area contributed by atoms with E-state index in [0.29, 0.717) is 5.56 Å². The Kier molecular flexibility index (Phi) is 17.8. The Balaban J connectivity index is 2.10. The van der Waals surface area contributed by atoms with Crippen LogP contribution in [0.25, 0.3) is 10.9 Å². The van der Waals surface area contributed by atoms with Gasteiger partial charge in [0.2, 0.25) is 29.5 Å². The summed E-state index contributed by atoms with van der Waals surface area (Å²) in [5, 5.41) is 26.5. The molecule has 56 heavy (non-hydrogen) atoms. The fourth-order valence-electron chi connectivity index (χ4n) is 5.90. The van der Waals surface area contributed by atoms with Gasteiger partial charge in [-0.15, -0.1) is 0 Å². The molecule has 312 valence electrons. The maximum atomic E-state index is 13.5. The van der Waals surface area contributed by atoms with Crippen molar-refractivity contribution < 1.29 is 43.4 Å². The molecule has 6 amide bonds. The van der Waals surface area contributed by atoms with E-state index in [1.165, 1.54) is 13.8 Å². The number of hydrogen-bond donors (Lipinski definition) is 8. The topological polar surface area (TPSA) is 237 Å². The number of para-hydroxylation sites is 1. The van der Waals surface area contributed by atoms with Gasteiger partial charge in [-0.3, -0.25) is 24.0 Å². The molecule has 2 rings (SSSR count). The second-order valence-electron chi connectivity index (χ2n) is 16.6. The van der Waals surface area contributed by atoms with Crippen LogP contribution in [0.2, 0.25) is 0 Å². The van der Waals surface area contributed by atoms with Crippen LogP contribution in [0.1, 0.15) is 101 Å². The fourth-order valence-corrected chi connectivity index (χ4v) is 5.90. The van der Waals surface area contributed by atoms with Crippen LogP contribution in [-0.2, 0) is 39.9 Å². The minimum atomic E-state index is -1.28. The van der Waals surface area contributed by atoms with Gasteiger partial charge in [0.25, 0.3) is 0 Å². The normalized spacial score (nSPS) is 14.9. The number of ether oxygens (including phenoxy) is 1. The van der Waals surface area contributed by atoms with Crippen molar-refractivity contribution in [3.05, 3.63) is 36.0 Å². The van der Waals surface area contributed by atoms with E-state index >= 15 is 0 Å². The molecule has 0 fully saturated rings. The minimum absolute atomic E-state index is 0.00659. The van der Waals surface area contributed by atoms with Crippen LogP contribution in [0.4, 0.5) is 4.79 Å². The van der Waals surface area contributed by atoms with Crippen molar-refractivity contribution in [2.75, 3.05) is 0 Å². The highest BCUT2D eigenvalue weighted by atomic mass is 16.6. The van der Waals surface area contributed by atoms with E-state index < -0.39 is 83.5 Å². The largest absolute Gasteiger partial charge is 0.480 e. The van der Waals surface area contributed by atoms with Crippen molar-refractivity contribution in [3.8, 4) is 0 Å². The molecule has 0 unspecified atom stereocenters. The Morgan fingerprint density at radius 2 is 1.02 bits per heavy atom. The zero-order chi connectivity index (χ0) is 42.5. The van der Waals surface area contributed by atoms with E-state index in [1.54, 1.807) is 27.0 Å². The number of nitrogens with one attached hydrogen (secondary N) is 7. The maximum Gasteiger partial charge on any atom is 0.408 e. The molecule has 1 heterocycles. The van der Waals surface area contributed by atoms with Crippen molar-refractivity contribution >= 4 is 52.5 Å². The standard InChI is InChI=1S/C40H63N7O9/c1-21(2)16-29(44-33(48)25(8)43-36(51)31(18-23(5)6)47-39(55)56-40(9,10)11)35(50)42-24(7)34(49)45-30(17-22(3)4)37(52)46-32(38(53)54)19-26-20-41-28-15-13-12-14-27(26)28/h12-15,20-25,29-32,41H,16-19H2,1-11H3,(H,42,50)(H,43,51)(H,44,48)(H,45,49)(H,46,52)(H,47,55)(H,53,54)/t24-,25-,29-,30-,31-,32-/m0/s1. The predicted octanol–water partition coefficient (Wildman–Crippen LogP) is 3.29. The number of fused-ring (bicyclic) bond motifs is 1. The average molecular weight is 786 g/mol. The molecule has 16 heteroatoms. The quantitative estimate of drug-likeness (QED) is 0.0982. The molecule has 0 spiro atoms. The molecule has 0 saturated carbocycles. The lowest BCUT2D eigenvalue weighted by Gasteiger charge is -2.27. The molecule has 0 saturated heterocycles. The fraction of sp³-hybridized carbons (Fsp3) is 0.625.